The molecule has 8 heteroatoms. The highest BCUT2D eigenvalue weighted by molar-refractivity contribution is 5.87. The molecular weight excluding hydrogens is 390 g/mol. The van der Waals surface area contributed by atoms with Gasteiger partial charge in [-0.3, -0.25) is 4.68 Å². The molecule has 1 N–H and O–H groups in total. The maximum Gasteiger partial charge on any atom is 0.166 e. The first-order chi connectivity index (χ1) is 14.9. The van der Waals surface area contributed by atoms with Gasteiger partial charge in [0.05, 0.1) is 18.4 Å². The van der Waals surface area contributed by atoms with Crippen molar-refractivity contribution in [2.24, 2.45) is 7.05 Å². The Balaban J connectivity index is 1.67. The van der Waals surface area contributed by atoms with Gasteiger partial charge in [-0.2, -0.15) is 5.10 Å². The van der Waals surface area contributed by atoms with Gasteiger partial charge in [-0.1, -0.05) is 12.1 Å². The van der Waals surface area contributed by atoms with Gasteiger partial charge in [-0.05, 0) is 51.8 Å². The van der Waals surface area contributed by atoms with Crippen molar-refractivity contribution in [3.63, 3.8) is 0 Å². The van der Waals surface area contributed by atoms with Crippen molar-refractivity contribution in [3.8, 4) is 17.1 Å². The summed E-state index contributed by atoms with van der Waals surface area (Å²) in [4.78, 5) is 14.0. The van der Waals surface area contributed by atoms with Crippen LogP contribution >= 0.6 is 0 Å². The van der Waals surface area contributed by atoms with E-state index in [1.165, 1.54) is 5.56 Å². The third-order valence-electron chi connectivity index (χ3n) is 5.59. The van der Waals surface area contributed by atoms with E-state index in [0.29, 0.717) is 0 Å². The molecule has 0 saturated carbocycles. The van der Waals surface area contributed by atoms with Gasteiger partial charge in [0.1, 0.15) is 17.9 Å². The van der Waals surface area contributed by atoms with Gasteiger partial charge >= 0.3 is 0 Å². The monoisotopic (exact) mass is 419 g/mol. The first-order valence-electron chi connectivity index (χ1n) is 10.5. The summed E-state index contributed by atoms with van der Waals surface area (Å²) < 4.78 is 9.30. The first-order valence-corrected chi connectivity index (χ1v) is 10.5. The molecule has 8 nitrogen and oxygen atoms in total. The Morgan fingerprint density at radius 1 is 1.10 bits per heavy atom. The molecule has 4 aromatic rings. The molecule has 0 aliphatic heterocycles. The summed E-state index contributed by atoms with van der Waals surface area (Å²) in [5.74, 6) is 2.49. The molecule has 0 aliphatic carbocycles. The lowest BCUT2D eigenvalue weighted by Crippen LogP contribution is -2.08. The van der Waals surface area contributed by atoms with Crippen molar-refractivity contribution in [2.45, 2.75) is 40.2 Å². The number of hydrogen-bond donors (Lipinski definition) is 1. The molecule has 0 aliphatic rings. The van der Waals surface area contributed by atoms with Crippen LogP contribution in [0.2, 0.25) is 0 Å². The van der Waals surface area contributed by atoms with Crippen LogP contribution in [0.5, 0.6) is 5.75 Å². The number of nitrogens with zero attached hydrogens (tertiary/aromatic N) is 6. The summed E-state index contributed by atoms with van der Waals surface area (Å²) in [6, 6.07) is 8.31. The average Bonchev–Trinajstić information content (AvgIpc) is 3.25. The Morgan fingerprint density at radius 3 is 2.45 bits per heavy atom. The second kappa shape index (κ2) is 8.37. The van der Waals surface area contributed by atoms with Crippen molar-refractivity contribution in [2.75, 3.05) is 19.0 Å². The number of methoxy groups -OCH3 is 1. The fraction of sp³-hybridized carbons (Fsp3) is 0.391. The quantitative estimate of drug-likeness (QED) is 0.486. The van der Waals surface area contributed by atoms with E-state index in [1.807, 2.05) is 30.8 Å². The fourth-order valence-corrected chi connectivity index (χ4v) is 3.92. The van der Waals surface area contributed by atoms with Crippen LogP contribution in [-0.4, -0.2) is 43.0 Å². The van der Waals surface area contributed by atoms with E-state index in [4.69, 9.17) is 9.72 Å². The number of nitrogens with one attached hydrogen (secondary N) is 1. The van der Waals surface area contributed by atoms with Gasteiger partial charge < -0.3 is 14.6 Å². The predicted molar refractivity (Wildman–Crippen MR) is 123 cm³/mol. The number of benzene rings is 1. The van der Waals surface area contributed by atoms with Crippen LogP contribution in [0.3, 0.4) is 0 Å². The van der Waals surface area contributed by atoms with Crippen molar-refractivity contribution >= 4 is 17.0 Å². The second-order valence-electron chi connectivity index (χ2n) is 7.99. The Morgan fingerprint density at radius 2 is 1.84 bits per heavy atom. The van der Waals surface area contributed by atoms with Crippen molar-refractivity contribution in [3.05, 3.63) is 47.5 Å². The molecule has 0 fully saturated rings. The molecule has 0 unspecified atom stereocenters. The molecule has 31 heavy (non-hydrogen) atoms. The third kappa shape index (κ3) is 3.85. The zero-order valence-corrected chi connectivity index (χ0v) is 19.0. The van der Waals surface area contributed by atoms with E-state index in [9.17, 15) is 0 Å². The minimum absolute atomic E-state index is 0.195. The Hall–Kier alpha value is -3.42. The van der Waals surface area contributed by atoms with Gasteiger partial charge in [-0.25, -0.2) is 15.0 Å². The zero-order valence-electron chi connectivity index (χ0n) is 19.0. The highest BCUT2D eigenvalue weighted by Gasteiger charge is 2.23. The third-order valence-corrected chi connectivity index (χ3v) is 5.59. The fourth-order valence-electron chi connectivity index (χ4n) is 3.92. The molecule has 3 aromatic heterocycles. The maximum absolute atomic E-state index is 5.23. The molecule has 0 bridgehead atoms. The highest BCUT2D eigenvalue weighted by atomic mass is 16.5. The summed E-state index contributed by atoms with van der Waals surface area (Å²) in [6.45, 7) is 9.12. The summed E-state index contributed by atoms with van der Waals surface area (Å²) in [5.41, 5.74) is 5.93. The average molecular weight is 420 g/mol. The number of rotatable bonds is 7. The molecule has 4 rings (SSSR count). The van der Waals surface area contributed by atoms with Crippen LogP contribution in [0.1, 0.15) is 36.8 Å². The van der Waals surface area contributed by atoms with Crippen LogP contribution in [0.25, 0.3) is 22.6 Å². The molecular formula is C23H29N7O. The lowest BCUT2D eigenvalue weighted by atomic mass is 10.1. The number of ether oxygens (including phenoxy) is 1. The molecule has 0 atom stereocenters. The van der Waals surface area contributed by atoms with E-state index in [1.54, 1.807) is 13.4 Å². The van der Waals surface area contributed by atoms with Crippen LogP contribution in [0.4, 0.5) is 5.82 Å². The minimum atomic E-state index is 0.195. The smallest absolute Gasteiger partial charge is 0.166 e. The Kier molecular flexibility index (Phi) is 5.63. The lowest BCUT2D eigenvalue weighted by Gasteiger charge is -2.12. The summed E-state index contributed by atoms with van der Waals surface area (Å²) in [7, 11) is 3.64. The summed E-state index contributed by atoms with van der Waals surface area (Å²) in [6.07, 6.45) is 2.47. The molecule has 0 saturated heterocycles. The molecule has 3 heterocycles. The van der Waals surface area contributed by atoms with E-state index >= 15 is 0 Å². The number of aromatic nitrogens is 6. The normalized spacial score (nSPS) is 11.5. The Labute approximate surface area is 182 Å². The molecule has 0 spiro atoms. The largest absolute Gasteiger partial charge is 0.497 e. The van der Waals surface area contributed by atoms with Gasteiger partial charge in [-0.15, -0.1) is 0 Å². The van der Waals surface area contributed by atoms with E-state index in [-0.39, 0.29) is 6.04 Å². The van der Waals surface area contributed by atoms with E-state index in [2.05, 4.69) is 57.9 Å². The van der Waals surface area contributed by atoms with Gasteiger partial charge in [0, 0.05) is 25.3 Å². The van der Waals surface area contributed by atoms with Crippen LogP contribution in [-0.2, 0) is 13.5 Å². The van der Waals surface area contributed by atoms with Gasteiger partial charge in [0.2, 0.25) is 0 Å². The van der Waals surface area contributed by atoms with E-state index < -0.39 is 0 Å². The first kappa shape index (κ1) is 20.8. The highest BCUT2D eigenvalue weighted by Crippen LogP contribution is 2.33. The van der Waals surface area contributed by atoms with Crippen molar-refractivity contribution in [1.82, 2.24) is 29.3 Å². The van der Waals surface area contributed by atoms with Crippen LogP contribution in [0, 0.1) is 13.8 Å². The SMILES string of the molecule is COc1ccc(CCNc2ncnc3c2nc(-c2c(C)nn(C)c2C)n3C(C)C)cc1. The molecule has 1 aromatic carbocycles. The predicted octanol–water partition coefficient (Wildman–Crippen LogP) is 4.09. The lowest BCUT2D eigenvalue weighted by molar-refractivity contribution is 0.414. The van der Waals surface area contributed by atoms with Crippen molar-refractivity contribution in [1.29, 1.82) is 0 Å². The number of imidazole rings is 1. The molecule has 162 valence electrons. The number of hydrogen-bond acceptors (Lipinski definition) is 6. The van der Waals surface area contributed by atoms with E-state index in [0.717, 1.165) is 58.5 Å². The molecule has 0 radical (unpaired) electrons. The van der Waals surface area contributed by atoms with Crippen LogP contribution in [0.15, 0.2) is 30.6 Å². The molecule has 0 amide bonds. The van der Waals surface area contributed by atoms with Gasteiger partial charge in [0.25, 0.3) is 0 Å². The van der Waals surface area contributed by atoms with Crippen LogP contribution < -0.4 is 10.1 Å². The van der Waals surface area contributed by atoms with Gasteiger partial charge in [0.15, 0.2) is 17.0 Å². The zero-order chi connectivity index (χ0) is 22.1. The standard InChI is InChI=1S/C23H29N7O/c1-14(2)30-22(19-15(3)28-29(5)16(19)4)27-20-21(25-13-26-23(20)30)24-12-11-17-7-9-18(31-6)10-8-17/h7-10,13-14H,11-12H2,1-6H3,(H,24,25,26). The number of anilines is 1. The topological polar surface area (TPSA) is 82.7 Å². The number of fused-ring (bicyclic) bond motifs is 1. The summed E-state index contributed by atoms with van der Waals surface area (Å²) in [5, 5.41) is 8.03. The second-order valence-corrected chi connectivity index (χ2v) is 7.99. The number of aryl methyl sites for hydroxylation is 2. The Bertz CT molecular complexity index is 1210. The van der Waals surface area contributed by atoms with Crippen molar-refractivity contribution < 1.29 is 4.74 Å². The summed E-state index contributed by atoms with van der Waals surface area (Å²) >= 11 is 0. The maximum atomic E-state index is 5.23. The minimum Gasteiger partial charge on any atom is -0.497 e.